The monoisotopic (exact) mass is 724 g/mol. The van der Waals surface area contributed by atoms with Gasteiger partial charge in [-0.15, -0.1) is 0 Å². The van der Waals surface area contributed by atoms with Gasteiger partial charge in [0.2, 0.25) is 0 Å². The molecule has 2 nitrogen and oxygen atoms in total. The summed E-state index contributed by atoms with van der Waals surface area (Å²) in [4.78, 5) is 2.49. The van der Waals surface area contributed by atoms with Gasteiger partial charge in [0.1, 0.15) is 0 Å². The maximum absolute atomic E-state index is 2.53. The molecule has 1 aliphatic carbocycles. The first-order valence-electron chi connectivity index (χ1n) is 19.8. The molecule has 0 unspecified atom stereocenters. The number of fused-ring (bicyclic) bond motifs is 12. The SMILES string of the molecule is c1ccc(-c2ccccc2-c2ccccc2N(c2ccccc2)c2cc3c4c(c2)c2ccccc2n4-c2ccccc2C32c3ccccc3-c3ccccc32)cc1. The van der Waals surface area contributed by atoms with Crippen molar-refractivity contribution in [2.75, 3.05) is 4.90 Å². The second-order valence-corrected chi connectivity index (χ2v) is 15.2. The first-order valence-corrected chi connectivity index (χ1v) is 19.8. The number of nitrogens with zero attached hydrogens (tertiary/aromatic N) is 2. The highest BCUT2D eigenvalue weighted by atomic mass is 15.1. The highest BCUT2D eigenvalue weighted by molar-refractivity contribution is 6.14. The van der Waals surface area contributed by atoms with Crippen LogP contribution in [0.2, 0.25) is 0 Å². The van der Waals surface area contributed by atoms with Crippen LogP contribution >= 0.6 is 0 Å². The Morgan fingerprint density at radius 1 is 0.351 bits per heavy atom. The average Bonchev–Trinajstić information content (AvgIpc) is 3.78. The van der Waals surface area contributed by atoms with Crippen molar-refractivity contribution in [2.24, 2.45) is 0 Å². The zero-order valence-corrected chi connectivity index (χ0v) is 31.2. The van der Waals surface area contributed by atoms with Crippen LogP contribution in [0.3, 0.4) is 0 Å². The van der Waals surface area contributed by atoms with E-state index in [4.69, 9.17) is 0 Å². The van der Waals surface area contributed by atoms with E-state index in [1.165, 1.54) is 83.1 Å². The van der Waals surface area contributed by atoms with Crippen molar-refractivity contribution in [3.05, 3.63) is 241 Å². The van der Waals surface area contributed by atoms with Crippen LogP contribution in [0, 0.1) is 0 Å². The lowest BCUT2D eigenvalue weighted by Crippen LogP contribution is -2.33. The molecule has 0 bridgehead atoms. The van der Waals surface area contributed by atoms with Gasteiger partial charge in [-0.1, -0.05) is 176 Å². The van der Waals surface area contributed by atoms with Gasteiger partial charge >= 0.3 is 0 Å². The summed E-state index contributed by atoms with van der Waals surface area (Å²) in [5, 5.41) is 2.50. The van der Waals surface area contributed by atoms with Gasteiger partial charge in [-0.25, -0.2) is 0 Å². The van der Waals surface area contributed by atoms with Crippen molar-refractivity contribution >= 4 is 38.9 Å². The summed E-state index contributed by atoms with van der Waals surface area (Å²) in [5.41, 5.74) is 19.2. The van der Waals surface area contributed by atoms with Gasteiger partial charge in [-0.3, -0.25) is 0 Å². The Kier molecular flexibility index (Phi) is 6.88. The molecule has 57 heavy (non-hydrogen) atoms. The predicted molar refractivity (Wildman–Crippen MR) is 237 cm³/mol. The second-order valence-electron chi connectivity index (χ2n) is 15.2. The maximum atomic E-state index is 2.53. The highest BCUT2D eigenvalue weighted by Gasteiger charge is 2.51. The van der Waals surface area contributed by atoms with E-state index in [0.717, 1.165) is 17.1 Å². The molecule has 0 saturated heterocycles. The number of hydrogen-bond donors (Lipinski definition) is 0. The summed E-state index contributed by atoms with van der Waals surface area (Å²) in [6, 6.07) is 80.6. The van der Waals surface area contributed by atoms with Crippen molar-refractivity contribution in [1.29, 1.82) is 0 Å². The lowest BCUT2D eigenvalue weighted by Gasteiger charge is -2.40. The van der Waals surface area contributed by atoms with Crippen LogP contribution in [-0.2, 0) is 5.41 Å². The van der Waals surface area contributed by atoms with Crippen LogP contribution in [0.1, 0.15) is 22.3 Å². The summed E-state index contributed by atoms with van der Waals surface area (Å²) in [6.45, 7) is 0. The Hall–Kier alpha value is -7.42. The van der Waals surface area contributed by atoms with Gasteiger partial charge in [0.25, 0.3) is 0 Å². The normalized spacial score (nSPS) is 13.1. The molecular formula is C55H36N2. The van der Waals surface area contributed by atoms with E-state index in [1.54, 1.807) is 0 Å². The molecule has 2 aliphatic rings. The first-order chi connectivity index (χ1) is 28.3. The van der Waals surface area contributed by atoms with Crippen LogP contribution in [0.15, 0.2) is 218 Å². The molecule has 2 heteroatoms. The molecule has 1 aliphatic heterocycles. The highest BCUT2D eigenvalue weighted by Crippen LogP contribution is 2.62. The number of rotatable bonds is 5. The van der Waals surface area contributed by atoms with Crippen molar-refractivity contribution in [3.63, 3.8) is 0 Å². The molecule has 10 aromatic rings. The molecule has 2 heterocycles. The van der Waals surface area contributed by atoms with Crippen LogP contribution in [0.4, 0.5) is 17.1 Å². The molecule has 0 atom stereocenters. The van der Waals surface area contributed by atoms with Crippen LogP contribution in [0.25, 0.3) is 60.9 Å². The third-order valence-corrected chi connectivity index (χ3v) is 12.4. The Morgan fingerprint density at radius 3 is 1.63 bits per heavy atom. The summed E-state index contributed by atoms with van der Waals surface area (Å²) in [7, 11) is 0. The number of benzene rings is 9. The van der Waals surface area contributed by atoms with E-state index >= 15 is 0 Å². The fourth-order valence-corrected chi connectivity index (χ4v) is 10.2. The van der Waals surface area contributed by atoms with Gasteiger partial charge in [-0.05, 0) is 92.5 Å². The first kappa shape index (κ1) is 31.9. The smallest absolute Gasteiger partial charge is 0.0755 e. The second kappa shape index (κ2) is 12.3. The zero-order valence-electron chi connectivity index (χ0n) is 31.2. The topological polar surface area (TPSA) is 8.17 Å². The number of anilines is 3. The fourth-order valence-electron chi connectivity index (χ4n) is 10.2. The Morgan fingerprint density at radius 2 is 0.895 bits per heavy atom. The largest absolute Gasteiger partial charge is 0.310 e. The molecule has 12 rings (SSSR count). The summed E-state index contributed by atoms with van der Waals surface area (Å²) < 4.78 is 2.53. The van der Waals surface area contributed by atoms with Gasteiger partial charge in [-0.2, -0.15) is 0 Å². The van der Waals surface area contributed by atoms with E-state index in [-0.39, 0.29) is 0 Å². The van der Waals surface area contributed by atoms with Gasteiger partial charge in [0.05, 0.1) is 27.8 Å². The predicted octanol–water partition coefficient (Wildman–Crippen LogP) is 14.3. The quantitative estimate of drug-likeness (QED) is 0.172. The van der Waals surface area contributed by atoms with E-state index in [1.807, 2.05) is 0 Å². The Labute approximate surface area is 332 Å². The molecule has 1 spiro atoms. The lowest BCUT2D eigenvalue weighted by molar-refractivity contribution is 0.748. The van der Waals surface area contributed by atoms with E-state index in [2.05, 4.69) is 228 Å². The number of para-hydroxylation sites is 4. The van der Waals surface area contributed by atoms with Gasteiger partial charge in [0.15, 0.2) is 0 Å². The van der Waals surface area contributed by atoms with Crippen molar-refractivity contribution in [3.8, 4) is 39.1 Å². The summed E-state index contributed by atoms with van der Waals surface area (Å²) in [6.07, 6.45) is 0. The molecule has 9 aromatic carbocycles. The third kappa shape index (κ3) is 4.41. The molecule has 0 N–H and O–H groups in total. The summed E-state index contributed by atoms with van der Waals surface area (Å²) in [5.74, 6) is 0. The zero-order chi connectivity index (χ0) is 37.5. The number of hydrogen-bond acceptors (Lipinski definition) is 1. The van der Waals surface area contributed by atoms with Crippen LogP contribution < -0.4 is 4.90 Å². The van der Waals surface area contributed by atoms with Crippen molar-refractivity contribution < 1.29 is 0 Å². The minimum atomic E-state index is -0.537. The van der Waals surface area contributed by atoms with Gasteiger partial charge in [0, 0.05) is 27.7 Å². The van der Waals surface area contributed by atoms with E-state index in [9.17, 15) is 0 Å². The average molecular weight is 725 g/mol. The molecule has 0 fully saturated rings. The van der Waals surface area contributed by atoms with Crippen molar-refractivity contribution in [1.82, 2.24) is 4.57 Å². The standard InChI is InChI=1S/C55H36N2/c1-3-19-37(20-4-1)40-23-7-8-24-41(40)44-27-11-16-32-51(44)56(38-21-5-2-6-22-38)39-35-46-45-28-12-17-33-52(45)57-53-34-18-15-31-49(53)55(50(36-39)54(46)57)47-29-13-9-25-42(47)43-26-10-14-30-48(43)55/h1-36H. The summed E-state index contributed by atoms with van der Waals surface area (Å²) >= 11 is 0. The van der Waals surface area contributed by atoms with Crippen LogP contribution in [-0.4, -0.2) is 4.57 Å². The molecule has 0 saturated carbocycles. The van der Waals surface area contributed by atoms with E-state index in [0.29, 0.717) is 0 Å². The molecule has 266 valence electrons. The minimum absolute atomic E-state index is 0.537. The maximum Gasteiger partial charge on any atom is 0.0755 e. The van der Waals surface area contributed by atoms with E-state index < -0.39 is 5.41 Å². The number of aromatic nitrogens is 1. The Bertz CT molecular complexity index is 3150. The molecular weight excluding hydrogens is 689 g/mol. The Balaban J connectivity index is 1.22. The fraction of sp³-hybridized carbons (Fsp3) is 0.0182. The molecule has 0 radical (unpaired) electrons. The lowest BCUT2D eigenvalue weighted by atomic mass is 9.65. The van der Waals surface area contributed by atoms with Crippen molar-refractivity contribution in [2.45, 2.75) is 5.41 Å². The van der Waals surface area contributed by atoms with Gasteiger partial charge < -0.3 is 9.47 Å². The third-order valence-electron chi connectivity index (χ3n) is 12.4. The molecule has 0 amide bonds. The minimum Gasteiger partial charge on any atom is -0.310 e. The molecule has 1 aromatic heterocycles. The van der Waals surface area contributed by atoms with Crippen LogP contribution in [0.5, 0.6) is 0 Å².